The second-order valence-corrected chi connectivity index (χ2v) is 6.24. The van der Waals surface area contributed by atoms with Crippen molar-refractivity contribution in [3.63, 3.8) is 0 Å². The molecule has 0 aromatic carbocycles. The van der Waals surface area contributed by atoms with Crippen LogP contribution in [0.15, 0.2) is 28.1 Å². The molecule has 0 spiro atoms. The van der Waals surface area contributed by atoms with E-state index < -0.39 is 0 Å². The third-order valence-electron chi connectivity index (χ3n) is 3.17. The first kappa shape index (κ1) is 12.3. The minimum absolute atomic E-state index is 0.698. The lowest BCUT2D eigenvalue weighted by molar-refractivity contribution is 0.0693. The standard InChI is InChI=1S/C13H17BrOS/c1-10-4-2-3-5-11(10)8-15-9-13-12(14)6-7-16-13/h2-3,6-7,10-11H,4-5,8-9H2,1H3. The van der Waals surface area contributed by atoms with Crippen molar-refractivity contribution in [3.8, 4) is 0 Å². The van der Waals surface area contributed by atoms with Crippen LogP contribution in [-0.4, -0.2) is 6.61 Å². The molecule has 1 aromatic rings. The molecule has 0 amide bonds. The Kier molecular flexibility index (Phi) is 4.62. The molecule has 2 rings (SSSR count). The summed E-state index contributed by atoms with van der Waals surface area (Å²) >= 11 is 5.27. The molecule has 88 valence electrons. The highest BCUT2D eigenvalue weighted by Crippen LogP contribution is 2.27. The lowest BCUT2D eigenvalue weighted by atomic mass is 9.85. The van der Waals surface area contributed by atoms with Crippen LogP contribution in [0.1, 0.15) is 24.6 Å². The normalized spacial score (nSPS) is 24.9. The van der Waals surface area contributed by atoms with Gasteiger partial charge in [-0.1, -0.05) is 19.1 Å². The molecular weight excluding hydrogens is 284 g/mol. The average Bonchev–Trinajstić information content (AvgIpc) is 2.67. The molecule has 0 N–H and O–H groups in total. The van der Waals surface area contributed by atoms with E-state index in [9.17, 15) is 0 Å². The highest BCUT2D eigenvalue weighted by Gasteiger charge is 2.18. The van der Waals surface area contributed by atoms with Gasteiger partial charge in [0.05, 0.1) is 13.2 Å². The molecule has 3 heteroatoms. The van der Waals surface area contributed by atoms with Crippen molar-refractivity contribution in [2.45, 2.75) is 26.4 Å². The van der Waals surface area contributed by atoms with Gasteiger partial charge in [0.2, 0.25) is 0 Å². The van der Waals surface area contributed by atoms with Crippen LogP contribution in [0.4, 0.5) is 0 Å². The van der Waals surface area contributed by atoms with Crippen LogP contribution >= 0.6 is 27.3 Å². The Balaban J connectivity index is 1.76. The SMILES string of the molecule is CC1CC=CCC1COCc1sccc1Br. The van der Waals surface area contributed by atoms with Gasteiger partial charge in [-0.2, -0.15) is 0 Å². The van der Waals surface area contributed by atoms with Crippen molar-refractivity contribution in [3.05, 3.63) is 32.9 Å². The van der Waals surface area contributed by atoms with E-state index in [0.717, 1.165) is 19.1 Å². The summed E-state index contributed by atoms with van der Waals surface area (Å²) in [5.74, 6) is 1.46. The smallest absolute Gasteiger partial charge is 0.0820 e. The van der Waals surface area contributed by atoms with Gasteiger partial charge in [0.15, 0.2) is 0 Å². The van der Waals surface area contributed by atoms with E-state index in [4.69, 9.17) is 4.74 Å². The Labute approximate surface area is 110 Å². The predicted octanol–water partition coefficient (Wildman–Crippen LogP) is 4.63. The first-order valence-corrected chi connectivity index (χ1v) is 7.39. The van der Waals surface area contributed by atoms with E-state index in [2.05, 4.69) is 46.5 Å². The van der Waals surface area contributed by atoms with Crippen LogP contribution in [0, 0.1) is 11.8 Å². The zero-order chi connectivity index (χ0) is 11.4. The minimum atomic E-state index is 0.698. The number of halogens is 1. The Hall–Kier alpha value is -0.120. The maximum absolute atomic E-state index is 5.82. The Morgan fingerprint density at radius 1 is 1.44 bits per heavy atom. The molecule has 0 radical (unpaired) electrons. The summed E-state index contributed by atoms with van der Waals surface area (Å²) in [6, 6.07) is 2.08. The van der Waals surface area contributed by atoms with E-state index >= 15 is 0 Å². The summed E-state index contributed by atoms with van der Waals surface area (Å²) in [5, 5.41) is 2.09. The van der Waals surface area contributed by atoms with Gasteiger partial charge in [-0.15, -0.1) is 11.3 Å². The first-order valence-electron chi connectivity index (χ1n) is 5.72. The van der Waals surface area contributed by atoms with E-state index in [1.807, 2.05) is 0 Å². The number of hydrogen-bond acceptors (Lipinski definition) is 2. The Bertz CT molecular complexity index is 359. The van der Waals surface area contributed by atoms with Gasteiger partial charge in [0, 0.05) is 9.35 Å². The number of thiophene rings is 1. The van der Waals surface area contributed by atoms with Crippen LogP contribution in [0.25, 0.3) is 0 Å². The lowest BCUT2D eigenvalue weighted by Crippen LogP contribution is -2.19. The molecule has 1 aliphatic rings. The number of hydrogen-bond donors (Lipinski definition) is 0. The molecule has 0 aliphatic heterocycles. The molecule has 0 saturated heterocycles. The fraction of sp³-hybridized carbons (Fsp3) is 0.538. The molecule has 0 saturated carbocycles. The number of allylic oxidation sites excluding steroid dienone is 2. The first-order chi connectivity index (χ1) is 7.77. The van der Waals surface area contributed by atoms with Crippen LogP contribution in [-0.2, 0) is 11.3 Å². The molecule has 1 nitrogen and oxygen atoms in total. The molecule has 0 bridgehead atoms. The summed E-state index contributed by atoms with van der Waals surface area (Å²) in [5.41, 5.74) is 0. The summed E-state index contributed by atoms with van der Waals surface area (Å²) in [6.07, 6.45) is 6.95. The van der Waals surface area contributed by atoms with Crippen molar-refractivity contribution in [2.75, 3.05) is 6.61 Å². The summed E-state index contributed by atoms with van der Waals surface area (Å²) in [4.78, 5) is 1.29. The van der Waals surface area contributed by atoms with E-state index in [1.165, 1.54) is 22.2 Å². The summed E-state index contributed by atoms with van der Waals surface area (Å²) < 4.78 is 6.99. The predicted molar refractivity (Wildman–Crippen MR) is 72.7 cm³/mol. The number of ether oxygens (including phenoxy) is 1. The van der Waals surface area contributed by atoms with Crippen molar-refractivity contribution >= 4 is 27.3 Å². The zero-order valence-electron chi connectivity index (χ0n) is 9.49. The fourth-order valence-electron chi connectivity index (χ4n) is 1.97. The second-order valence-electron chi connectivity index (χ2n) is 4.39. The van der Waals surface area contributed by atoms with Crippen LogP contribution < -0.4 is 0 Å². The Morgan fingerprint density at radius 3 is 2.94 bits per heavy atom. The van der Waals surface area contributed by atoms with Gasteiger partial charge in [-0.05, 0) is 52.1 Å². The second kappa shape index (κ2) is 5.99. The summed E-state index contributed by atoms with van der Waals surface area (Å²) in [6.45, 7) is 3.94. The lowest BCUT2D eigenvalue weighted by Gasteiger charge is -2.24. The van der Waals surface area contributed by atoms with Crippen molar-refractivity contribution in [1.82, 2.24) is 0 Å². The molecule has 1 aliphatic carbocycles. The van der Waals surface area contributed by atoms with Crippen LogP contribution in [0.2, 0.25) is 0 Å². The van der Waals surface area contributed by atoms with Gasteiger partial charge < -0.3 is 4.74 Å². The molecular formula is C13H17BrOS. The topological polar surface area (TPSA) is 9.23 Å². The highest BCUT2D eigenvalue weighted by atomic mass is 79.9. The van der Waals surface area contributed by atoms with Crippen molar-refractivity contribution in [2.24, 2.45) is 11.8 Å². The van der Waals surface area contributed by atoms with E-state index in [-0.39, 0.29) is 0 Å². The maximum Gasteiger partial charge on any atom is 0.0820 e. The van der Waals surface area contributed by atoms with E-state index in [0.29, 0.717) is 5.92 Å². The van der Waals surface area contributed by atoms with Crippen molar-refractivity contribution < 1.29 is 4.74 Å². The molecule has 1 aromatic heterocycles. The van der Waals surface area contributed by atoms with Gasteiger partial charge in [0.1, 0.15) is 0 Å². The van der Waals surface area contributed by atoms with E-state index in [1.54, 1.807) is 11.3 Å². The molecule has 2 unspecified atom stereocenters. The van der Waals surface area contributed by atoms with Gasteiger partial charge >= 0.3 is 0 Å². The molecule has 0 fully saturated rings. The van der Waals surface area contributed by atoms with Gasteiger partial charge in [-0.25, -0.2) is 0 Å². The molecule has 2 atom stereocenters. The Morgan fingerprint density at radius 2 is 2.25 bits per heavy atom. The highest BCUT2D eigenvalue weighted by molar-refractivity contribution is 9.10. The van der Waals surface area contributed by atoms with Gasteiger partial charge in [0.25, 0.3) is 0 Å². The third kappa shape index (κ3) is 3.19. The number of rotatable bonds is 4. The zero-order valence-corrected chi connectivity index (χ0v) is 11.9. The minimum Gasteiger partial charge on any atom is -0.376 e. The monoisotopic (exact) mass is 300 g/mol. The van der Waals surface area contributed by atoms with Crippen LogP contribution in [0.3, 0.4) is 0 Å². The maximum atomic E-state index is 5.82. The average molecular weight is 301 g/mol. The largest absolute Gasteiger partial charge is 0.376 e. The van der Waals surface area contributed by atoms with Gasteiger partial charge in [-0.3, -0.25) is 0 Å². The molecule has 1 heterocycles. The van der Waals surface area contributed by atoms with Crippen molar-refractivity contribution in [1.29, 1.82) is 0 Å². The third-order valence-corrected chi connectivity index (χ3v) is 5.07. The summed E-state index contributed by atoms with van der Waals surface area (Å²) in [7, 11) is 0. The van der Waals surface area contributed by atoms with Crippen LogP contribution in [0.5, 0.6) is 0 Å². The molecule has 16 heavy (non-hydrogen) atoms. The fourth-order valence-corrected chi connectivity index (χ4v) is 3.37. The quantitative estimate of drug-likeness (QED) is 0.737.